The van der Waals surface area contributed by atoms with Gasteiger partial charge in [0.15, 0.2) is 6.29 Å². The number of aromatic nitrogens is 2. The average molecular weight is 275 g/mol. The molecule has 0 spiro atoms. The molecule has 3 nitrogen and oxygen atoms in total. The molecule has 5 heteroatoms. The highest BCUT2D eigenvalue weighted by atomic mass is 35.5. The van der Waals surface area contributed by atoms with Crippen LogP contribution in [0.1, 0.15) is 10.5 Å². The van der Waals surface area contributed by atoms with Crippen molar-refractivity contribution in [2.75, 3.05) is 0 Å². The van der Waals surface area contributed by atoms with E-state index in [0.29, 0.717) is 34.0 Å². The van der Waals surface area contributed by atoms with Crippen LogP contribution in [0.2, 0.25) is 5.15 Å². The van der Waals surface area contributed by atoms with Gasteiger partial charge in [-0.3, -0.25) is 9.20 Å². The molecule has 0 aliphatic carbocycles. The number of benzene rings is 1. The number of fused-ring (bicyclic) bond motifs is 1. The number of nitrogens with zero attached hydrogens (tertiary/aromatic N) is 2. The molecule has 2 heterocycles. The van der Waals surface area contributed by atoms with Crippen LogP contribution in [0, 0.1) is 5.82 Å². The van der Waals surface area contributed by atoms with Gasteiger partial charge in [-0.05, 0) is 36.4 Å². The molecule has 0 amide bonds. The van der Waals surface area contributed by atoms with Crippen LogP contribution in [0.3, 0.4) is 0 Å². The number of halogens is 2. The van der Waals surface area contributed by atoms with E-state index in [9.17, 15) is 9.18 Å². The fourth-order valence-corrected chi connectivity index (χ4v) is 2.25. The average Bonchev–Trinajstić information content (AvgIpc) is 2.79. The Hall–Kier alpha value is -2.20. The Bertz CT molecular complexity index is 765. The quantitative estimate of drug-likeness (QED) is 0.528. The van der Waals surface area contributed by atoms with E-state index in [2.05, 4.69) is 4.98 Å². The minimum atomic E-state index is -0.335. The third-order valence-corrected chi connectivity index (χ3v) is 3.16. The van der Waals surface area contributed by atoms with Gasteiger partial charge in [-0.15, -0.1) is 0 Å². The van der Waals surface area contributed by atoms with Crippen molar-refractivity contribution >= 4 is 23.5 Å². The van der Waals surface area contributed by atoms with Crippen LogP contribution in [-0.4, -0.2) is 15.7 Å². The summed E-state index contributed by atoms with van der Waals surface area (Å²) in [5.74, 6) is -0.335. The van der Waals surface area contributed by atoms with E-state index in [1.807, 2.05) is 0 Å². The summed E-state index contributed by atoms with van der Waals surface area (Å²) in [5.41, 5.74) is 2.09. The van der Waals surface area contributed by atoms with Crippen LogP contribution < -0.4 is 0 Å². The number of imidazole rings is 1. The number of hydrogen-bond acceptors (Lipinski definition) is 2. The highest BCUT2D eigenvalue weighted by Crippen LogP contribution is 2.26. The van der Waals surface area contributed by atoms with Gasteiger partial charge in [0.2, 0.25) is 0 Å². The van der Waals surface area contributed by atoms with Crippen molar-refractivity contribution in [2.45, 2.75) is 0 Å². The number of aldehydes is 1. The van der Waals surface area contributed by atoms with E-state index in [4.69, 9.17) is 11.6 Å². The number of hydrogen-bond donors (Lipinski definition) is 0. The van der Waals surface area contributed by atoms with E-state index in [0.717, 1.165) is 0 Å². The van der Waals surface area contributed by atoms with Crippen molar-refractivity contribution in [2.24, 2.45) is 0 Å². The minimum absolute atomic E-state index is 0.335. The lowest BCUT2D eigenvalue weighted by Gasteiger charge is -2.00. The summed E-state index contributed by atoms with van der Waals surface area (Å²) >= 11 is 6.07. The first kappa shape index (κ1) is 11.9. The van der Waals surface area contributed by atoms with Gasteiger partial charge in [0, 0.05) is 5.56 Å². The van der Waals surface area contributed by atoms with Gasteiger partial charge in [-0.1, -0.05) is 17.7 Å². The van der Waals surface area contributed by atoms with Crippen molar-refractivity contribution in [3.63, 3.8) is 0 Å². The molecule has 0 bridgehead atoms. The van der Waals surface area contributed by atoms with Gasteiger partial charge in [-0.25, -0.2) is 9.37 Å². The second kappa shape index (κ2) is 4.48. The Morgan fingerprint density at radius 2 is 1.89 bits per heavy atom. The normalized spacial score (nSPS) is 10.8. The second-order valence-corrected chi connectivity index (χ2v) is 4.40. The lowest BCUT2D eigenvalue weighted by atomic mass is 10.1. The molecule has 0 saturated carbocycles. The molecule has 3 rings (SSSR count). The molecule has 0 aliphatic heterocycles. The standard InChI is InChI=1S/C14H8ClFN2O/c15-12-2-1-3-13-17-14(11(8-19)18(12)13)9-4-6-10(16)7-5-9/h1-8H. The topological polar surface area (TPSA) is 34.4 Å². The molecular formula is C14H8ClFN2O. The number of pyridine rings is 1. The van der Waals surface area contributed by atoms with Crippen LogP contribution in [0.25, 0.3) is 16.9 Å². The highest BCUT2D eigenvalue weighted by Gasteiger charge is 2.14. The maximum atomic E-state index is 12.9. The van der Waals surface area contributed by atoms with Crippen LogP contribution in [0.4, 0.5) is 4.39 Å². The monoisotopic (exact) mass is 274 g/mol. The number of carbonyl (C=O) groups excluding carboxylic acids is 1. The van der Waals surface area contributed by atoms with E-state index in [-0.39, 0.29) is 5.82 Å². The largest absolute Gasteiger partial charge is 0.296 e. The molecule has 0 unspecified atom stereocenters. The number of carbonyl (C=O) groups is 1. The maximum Gasteiger partial charge on any atom is 0.169 e. The van der Waals surface area contributed by atoms with Gasteiger partial charge in [-0.2, -0.15) is 0 Å². The smallest absolute Gasteiger partial charge is 0.169 e. The zero-order chi connectivity index (χ0) is 13.4. The van der Waals surface area contributed by atoms with Crippen molar-refractivity contribution in [3.05, 3.63) is 59.1 Å². The summed E-state index contributed by atoms with van der Waals surface area (Å²) in [7, 11) is 0. The Morgan fingerprint density at radius 3 is 2.58 bits per heavy atom. The Balaban J connectivity index is 2.32. The SMILES string of the molecule is O=Cc1c(-c2ccc(F)cc2)nc2cccc(Cl)n12. The van der Waals surface area contributed by atoms with E-state index in [1.165, 1.54) is 12.1 Å². The molecule has 0 saturated heterocycles. The molecule has 0 aliphatic rings. The van der Waals surface area contributed by atoms with Crippen LogP contribution in [0.15, 0.2) is 42.5 Å². The summed E-state index contributed by atoms with van der Waals surface area (Å²) in [5, 5.41) is 0.403. The van der Waals surface area contributed by atoms with Crippen molar-refractivity contribution < 1.29 is 9.18 Å². The molecular weight excluding hydrogens is 267 g/mol. The zero-order valence-electron chi connectivity index (χ0n) is 9.68. The van der Waals surface area contributed by atoms with Gasteiger partial charge in [0.1, 0.15) is 28.0 Å². The molecule has 3 aromatic rings. The van der Waals surface area contributed by atoms with E-state index < -0.39 is 0 Å². The predicted octanol–water partition coefficient (Wildman–Crippen LogP) is 3.61. The fraction of sp³-hybridized carbons (Fsp3) is 0. The molecule has 0 atom stereocenters. The van der Waals surface area contributed by atoms with Gasteiger partial charge >= 0.3 is 0 Å². The molecule has 1 aromatic carbocycles. The molecule has 0 N–H and O–H groups in total. The van der Waals surface area contributed by atoms with Gasteiger partial charge in [0.25, 0.3) is 0 Å². The third kappa shape index (κ3) is 1.90. The van der Waals surface area contributed by atoms with Crippen molar-refractivity contribution in [1.29, 1.82) is 0 Å². The third-order valence-electron chi connectivity index (χ3n) is 2.86. The summed E-state index contributed by atoms with van der Waals surface area (Å²) in [6.07, 6.45) is 0.699. The maximum absolute atomic E-state index is 12.9. The van der Waals surface area contributed by atoms with E-state index in [1.54, 1.807) is 34.7 Å². The second-order valence-electron chi connectivity index (χ2n) is 4.01. The summed E-state index contributed by atoms with van der Waals surface area (Å²) in [6, 6.07) is 11.0. The first-order valence-corrected chi connectivity index (χ1v) is 5.96. The highest BCUT2D eigenvalue weighted by molar-refractivity contribution is 6.30. The molecule has 2 aromatic heterocycles. The van der Waals surface area contributed by atoms with Crippen molar-refractivity contribution in [1.82, 2.24) is 9.38 Å². The zero-order valence-corrected chi connectivity index (χ0v) is 10.4. The lowest BCUT2D eigenvalue weighted by Crippen LogP contribution is -1.93. The predicted molar refractivity (Wildman–Crippen MR) is 71.0 cm³/mol. The van der Waals surface area contributed by atoms with Crippen LogP contribution >= 0.6 is 11.6 Å². The number of rotatable bonds is 2. The molecule has 19 heavy (non-hydrogen) atoms. The molecule has 0 radical (unpaired) electrons. The van der Waals surface area contributed by atoms with Gasteiger partial charge in [0.05, 0.1) is 0 Å². The minimum Gasteiger partial charge on any atom is -0.296 e. The Labute approximate surface area is 113 Å². The molecule has 0 fully saturated rings. The van der Waals surface area contributed by atoms with E-state index >= 15 is 0 Å². The fourth-order valence-electron chi connectivity index (χ4n) is 2.00. The molecule has 94 valence electrons. The Kier molecular flexibility index (Phi) is 2.80. The van der Waals surface area contributed by atoms with Crippen LogP contribution in [0.5, 0.6) is 0 Å². The lowest BCUT2D eigenvalue weighted by molar-refractivity contribution is 0.111. The Morgan fingerprint density at radius 1 is 1.16 bits per heavy atom. The summed E-state index contributed by atoms with van der Waals surface area (Å²) in [4.78, 5) is 15.7. The van der Waals surface area contributed by atoms with Crippen molar-refractivity contribution in [3.8, 4) is 11.3 Å². The van der Waals surface area contributed by atoms with Gasteiger partial charge < -0.3 is 0 Å². The first-order chi connectivity index (χ1) is 9.20. The van der Waals surface area contributed by atoms with Crippen LogP contribution in [-0.2, 0) is 0 Å². The summed E-state index contributed by atoms with van der Waals surface area (Å²) < 4.78 is 14.5. The first-order valence-electron chi connectivity index (χ1n) is 5.59. The summed E-state index contributed by atoms with van der Waals surface area (Å²) in [6.45, 7) is 0.